The smallest absolute Gasteiger partial charge is 0.229 e. The average Bonchev–Trinajstić information content (AvgIpc) is 1.77. The molecule has 0 aromatic heterocycles. The Hall–Kier alpha value is -6.08. The molecule has 4 aromatic carbocycles. The summed E-state index contributed by atoms with van der Waals surface area (Å²) in [6, 6.07) is 21.6. The zero-order chi connectivity index (χ0) is 55.9. The number of rotatable bonds is 6. The van der Waals surface area contributed by atoms with Crippen molar-refractivity contribution in [2.24, 2.45) is 23.7 Å². The molecule has 12 aliphatic rings. The van der Waals surface area contributed by atoms with Crippen molar-refractivity contribution in [1.29, 1.82) is 0 Å². The Morgan fingerprint density at radius 2 is 0.872 bits per heavy atom. The molecule has 472 valence electrons. The van der Waals surface area contributed by atoms with Gasteiger partial charge in [0.15, 0.2) is 23.0 Å². The first-order chi connectivity index (χ1) is 38.3. The number of anilines is 2. The summed E-state index contributed by atoms with van der Waals surface area (Å²) in [5, 5.41) is 0. The molecular weight excluding hydrogens is 1160 g/mol. The predicted octanol–water partition coefficient (Wildman–Crippen LogP) is -1.76. The number of quaternary nitrogens is 2. The highest BCUT2D eigenvalue weighted by Crippen LogP contribution is 2.65. The van der Waals surface area contributed by atoms with E-state index >= 15 is 0 Å². The maximum Gasteiger partial charge on any atom is 0.229 e. The van der Waals surface area contributed by atoms with Crippen LogP contribution in [0.25, 0.3) is 0 Å². The van der Waals surface area contributed by atoms with Gasteiger partial charge in [-0.05, 0) is 84.4 Å². The number of piperidine rings is 4. The first-order valence-corrected chi connectivity index (χ1v) is 30.7. The number of aryl methyl sites for hydroxylation is 2. The number of methoxy groups -OCH3 is 4. The molecule has 0 radical (unpaired) electrons. The molecule has 2 unspecified atom stereocenters. The highest BCUT2D eigenvalue weighted by Gasteiger charge is 2.75. The van der Waals surface area contributed by atoms with Gasteiger partial charge in [0.25, 0.3) is 0 Å². The number of fused-ring (bicyclic) bond motifs is 4. The molecule has 24 nitrogen and oxygen atoms in total. The van der Waals surface area contributed by atoms with Crippen molar-refractivity contribution in [3.63, 3.8) is 0 Å². The largest absolute Gasteiger partial charge is 0.744 e. The lowest BCUT2D eigenvalue weighted by Gasteiger charge is -2.56. The van der Waals surface area contributed by atoms with Gasteiger partial charge >= 0.3 is 0 Å². The van der Waals surface area contributed by atoms with Gasteiger partial charge in [0.2, 0.25) is 11.8 Å². The Morgan fingerprint density at radius 1 is 0.535 bits per heavy atom. The number of benzene rings is 4. The second kappa shape index (κ2) is 24.5. The molecule has 4 aromatic rings. The molecule has 2 aliphatic carbocycles. The molecule has 10 aliphatic heterocycles. The van der Waals surface area contributed by atoms with Crippen molar-refractivity contribution < 1.29 is 107 Å². The number of nitrogens with zero attached hydrogens (tertiary/aromatic N) is 2. The number of carbonyl (C=O) groups is 2. The minimum absolute atomic E-state index is 0. The molecule has 8 fully saturated rings. The fraction of sp³-hybridized carbons (Fsp3) is 0.500. The molecule has 10 heterocycles. The molecule has 2 amide bonds. The maximum atomic E-state index is 13.5. The number of nitrogens with one attached hydrogen (secondary N) is 2. The lowest BCUT2D eigenvalue weighted by molar-refractivity contribution is -0.916. The lowest BCUT2D eigenvalue weighted by Crippen LogP contribution is -3.16. The third-order valence-electron chi connectivity index (χ3n) is 20.6. The third-order valence-corrected chi connectivity index (χ3v) is 22.3. The number of amides is 2. The van der Waals surface area contributed by atoms with Crippen LogP contribution in [0.4, 0.5) is 11.4 Å². The number of hydrogen-bond acceptors (Lipinski definition) is 14. The summed E-state index contributed by atoms with van der Waals surface area (Å²) in [5.74, 6) is 5.27. The number of hydrogen-bond donors (Lipinski definition) is 2. The van der Waals surface area contributed by atoms with Crippen molar-refractivity contribution in [3.8, 4) is 23.0 Å². The fourth-order valence-corrected chi connectivity index (χ4v) is 18.5. The number of ether oxygens (including phenoxy) is 6. The van der Waals surface area contributed by atoms with Gasteiger partial charge in [-0.1, -0.05) is 47.5 Å². The molecule has 2 saturated carbocycles. The van der Waals surface area contributed by atoms with E-state index in [1.54, 1.807) is 73.7 Å². The molecule has 4 bridgehead atoms. The van der Waals surface area contributed by atoms with E-state index in [2.05, 4.69) is 46.2 Å². The third kappa shape index (κ3) is 10.1. The Balaban J connectivity index is 0.000000175. The van der Waals surface area contributed by atoms with Gasteiger partial charge in [-0.3, -0.25) is 9.59 Å². The van der Waals surface area contributed by atoms with E-state index in [1.165, 1.54) is 61.3 Å². The summed E-state index contributed by atoms with van der Waals surface area (Å²) >= 11 is 0. The summed E-state index contributed by atoms with van der Waals surface area (Å²) in [6.07, 6.45) is 10.4. The minimum Gasteiger partial charge on any atom is -0.744 e. The van der Waals surface area contributed by atoms with Crippen LogP contribution in [0.2, 0.25) is 0 Å². The van der Waals surface area contributed by atoms with Gasteiger partial charge in [-0.15, -0.1) is 0 Å². The van der Waals surface area contributed by atoms with Crippen molar-refractivity contribution in [3.05, 3.63) is 118 Å². The summed E-state index contributed by atoms with van der Waals surface area (Å²) in [6.45, 7) is 9.61. The standard InChI is InChI=1S/2C23H26N2O4.2C7H8O3S.6H2O/c2*1-27-16-8-14-15(9-17(16)28-2)25-20(26)10-18-21-13-7-19-23(14,22(21)25)4-5-24(19)11-12(13)3-6-29-18;2*1-6-2-4-7(5-3-6)11(8,9)10;;;;;;/h2*3,8-9,13,18-19,21-22H,4-7,10-11H2,1-2H3;2*2-5H,1H3,(H,8,9,10);6*1H2/t2*13-,18-,19-,21-,22-,23+;;;;;;;;/m00......../s1. The van der Waals surface area contributed by atoms with Crippen molar-refractivity contribution in [1.82, 2.24) is 0 Å². The zero-order valence-corrected chi connectivity index (χ0v) is 50.4. The van der Waals surface area contributed by atoms with Crippen molar-refractivity contribution in [2.75, 3.05) is 77.6 Å². The van der Waals surface area contributed by atoms with Crippen molar-refractivity contribution in [2.45, 2.75) is 109 Å². The monoisotopic (exact) mass is 1240 g/mol. The fourth-order valence-electron chi connectivity index (χ4n) is 17.6. The van der Waals surface area contributed by atoms with E-state index in [4.69, 9.17) is 28.4 Å². The second-order valence-corrected chi connectivity index (χ2v) is 26.6. The quantitative estimate of drug-likeness (QED) is 0.160. The Kier molecular flexibility index (Phi) is 19.2. The summed E-state index contributed by atoms with van der Waals surface area (Å²) in [5.41, 5.74) is 9.78. The van der Waals surface area contributed by atoms with Gasteiger partial charge < -0.3 is 90.0 Å². The predicted molar refractivity (Wildman–Crippen MR) is 311 cm³/mol. The molecule has 26 heteroatoms. The average molecular weight is 1240 g/mol. The van der Waals surface area contributed by atoms with Gasteiger partial charge in [0.05, 0.1) is 137 Å². The summed E-state index contributed by atoms with van der Waals surface area (Å²) in [7, 11) is -1.80. The van der Waals surface area contributed by atoms with Crippen LogP contribution in [0, 0.1) is 37.5 Å². The van der Waals surface area contributed by atoms with Crippen LogP contribution in [-0.2, 0) is 50.1 Å². The van der Waals surface area contributed by atoms with Gasteiger partial charge in [0, 0.05) is 49.7 Å². The van der Waals surface area contributed by atoms with Crippen LogP contribution in [0.3, 0.4) is 0 Å². The van der Waals surface area contributed by atoms with E-state index in [9.17, 15) is 35.5 Å². The minimum atomic E-state index is -4.27. The topological polar surface area (TPSA) is 408 Å². The SMILES string of the molecule is COc1cc2c(cc1OC)[C@@]13CC[NH+]4CC5=CCO[C@H]6CC(=O)N2[C@H]1[C@H]6[C@H]5C[C@H]43.COc1cc2c(cc1OC)[C@@]13CC[NH+]4CC5=CCO[C@H]6CC(=O)N2[C@H]1[C@H]6[C@H]5C[C@H]43.Cc1ccc(S(=O)(=O)[O-])cc1.Cc1ccc(S(=O)(=O)[O-])cc1.O.O.O.O.O.O. The molecule has 2 spiro atoms. The van der Waals surface area contributed by atoms with Crippen LogP contribution in [-0.4, -0.2) is 175 Å². The Labute approximate surface area is 499 Å². The first-order valence-electron chi connectivity index (χ1n) is 27.9. The molecule has 6 saturated heterocycles. The van der Waals surface area contributed by atoms with Gasteiger partial charge in [0.1, 0.15) is 32.3 Å². The highest BCUT2D eigenvalue weighted by molar-refractivity contribution is 7.86. The van der Waals surface area contributed by atoms with E-state index in [0.29, 0.717) is 73.3 Å². The van der Waals surface area contributed by atoms with E-state index in [0.717, 1.165) is 59.9 Å². The van der Waals surface area contributed by atoms with Crippen LogP contribution >= 0.6 is 0 Å². The lowest BCUT2D eigenvalue weighted by atomic mass is 9.53. The summed E-state index contributed by atoms with van der Waals surface area (Å²) in [4.78, 5) is 34.3. The van der Waals surface area contributed by atoms with E-state index in [-0.39, 0.29) is 89.6 Å². The highest BCUT2D eigenvalue weighted by atomic mass is 32.2. The van der Waals surface area contributed by atoms with E-state index in [1.807, 2.05) is 13.8 Å². The zero-order valence-electron chi connectivity index (χ0n) is 48.8. The van der Waals surface area contributed by atoms with Crippen LogP contribution in [0.5, 0.6) is 23.0 Å². The Morgan fingerprint density at radius 3 is 1.20 bits per heavy atom. The molecule has 14 N–H and O–H groups in total. The molecule has 16 rings (SSSR count). The van der Waals surface area contributed by atoms with Crippen LogP contribution in [0.1, 0.15) is 60.8 Å². The summed E-state index contributed by atoms with van der Waals surface area (Å²) < 4.78 is 97.5. The first kappa shape index (κ1) is 67.4. The van der Waals surface area contributed by atoms with Crippen LogP contribution < -0.4 is 38.5 Å². The Bertz CT molecular complexity index is 3290. The second-order valence-electron chi connectivity index (χ2n) is 23.8. The van der Waals surface area contributed by atoms with Crippen LogP contribution in [0.15, 0.2) is 106 Å². The van der Waals surface area contributed by atoms with Crippen molar-refractivity contribution >= 4 is 43.4 Å². The molecule has 86 heavy (non-hydrogen) atoms. The number of carbonyl (C=O) groups excluding carboxylic acids is 2. The van der Waals surface area contributed by atoms with Gasteiger partial charge in [-0.2, -0.15) is 0 Å². The maximum absolute atomic E-state index is 13.5. The molecule has 14 atom stereocenters. The normalized spacial score (nSPS) is 31.9. The van der Waals surface area contributed by atoms with Gasteiger partial charge in [-0.25, -0.2) is 16.8 Å². The van der Waals surface area contributed by atoms with E-state index < -0.39 is 20.2 Å². The molecular formula is C60H80N4O20S2.